The fourth-order valence-electron chi connectivity index (χ4n) is 2.53. The van der Waals surface area contributed by atoms with E-state index in [0.29, 0.717) is 13.2 Å². The maximum absolute atomic E-state index is 6.25. The van der Waals surface area contributed by atoms with Gasteiger partial charge in [0.2, 0.25) is 5.69 Å². The molecule has 0 aliphatic rings. The minimum absolute atomic E-state index is 0.00981. The van der Waals surface area contributed by atoms with E-state index in [1.54, 1.807) is 0 Å². The average molecular weight is 336 g/mol. The van der Waals surface area contributed by atoms with Crippen LogP contribution in [0.25, 0.3) is 0 Å². The fraction of sp³-hybridized carbons (Fsp3) is 0.737. The van der Waals surface area contributed by atoms with Crippen LogP contribution < -0.4 is 4.57 Å². The SMILES string of the molecule is CCCCOB(OCCCC)OC(CCC)c1cccc[n+]1CC. The summed E-state index contributed by atoms with van der Waals surface area (Å²) in [5.41, 5.74) is 1.19. The van der Waals surface area contributed by atoms with Gasteiger partial charge in [0.25, 0.3) is 0 Å². The number of hydrogen-bond donors (Lipinski definition) is 0. The lowest BCUT2D eigenvalue weighted by Gasteiger charge is -2.21. The number of aryl methyl sites for hydroxylation is 1. The topological polar surface area (TPSA) is 31.6 Å². The minimum atomic E-state index is -0.579. The van der Waals surface area contributed by atoms with E-state index < -0.39 is 7.32 Å². The molecule has 0 saturated heterocycles. The monoisotopic (exact) mass is 336 g/mol. The van der Waals surface area contributed by atoms with Gasteiger partial charge in [0, 0.05) is 25.3 Å². The lowest BCUT2D eigenvalue weighted by atomic mass is 10.1. The largest absolute Gasteiger partial charge is 0.640 e. The van der Waals surface area contributed by atoms with Crippen LogP contribution in [0.3, 0.4) is 0 Å². The van der Waals surface area contributed by atoms with Crippen molar-refractivity contribution in [2.75, 3.05) is 13.2 Å². The van der Waals surface area contributed by atoms with Gasteiger partial charge in [0.1, 0.15) is 12.6 Å². The summed E-state index contributed by atoms with van der Waals surface area (Å²) >= 11 is 0. The predicted octanol–water partition coefficient (Wildman–Crippen LogP) is 4.47. The van der Waals surface area contributed by atoms with Gasteiger partial charge in [-0.2, -0.15) is 0 Å². The fourth-order valence-corrected chi connectivity index (χ4v) is 2.53. The molecule has 1 rings (SSSR count). The zero-order valence-corrected chi connectivity index (χ0v) is 16.0. The molecule has 0 spiro atoms. The number of unbranched alkanes of at least 4 members (excludes halogenated alkanes) is 2. The van der Waals surface area contributed by atoms with Crippen LogP contribution in [0.2, 0.25) is 0 Å². The normalized spacial score (nSPS) is 12.3. The van der Waals surface area contributed by atoms with Gasteiger partial charge < -0.3 is 14.0 Å². The van der Waals surface area contributed by atoms with Crippen LogP contribution in [0.4, 0.5) is 0 Å². The summed E-state index contributed by atoms with van der Waals surface area (Å²) in [5.74, 6) is 0. The lowest BCUT2D eigenvalue weighted by Crippen LogP contribution is -2.40. The number of pyridine rings is 1. The number of hydrogen-bond acceptors (Lipinski definition) is 3. The molecule has 0 radical (unpaired) electrons. The Morgan fingerprint density at radius 3 is 2.17 bits per heavy atom. The van der Waals surface area contributed by atoms with Crippen LogP contribution in [-0.4, -0.2) is 20.5 Å². The predicted molar refractivity (Wildman–Crippen MR) is 98.5 cm³/mol. The Labute approximate surface area is 148 Å². The highest BCUT2D eigenvalue weighted by Gasteiger charge is 2.30. The van der Waals surface area contributed by atoms with Crippen LogP contribution >= 0.6 is 0 Å². The van der Waals surface area contributed by atoms with E-state index >= 15 is 0 Å². The highest BCUT2D eigenvalue weighted by Crippen LogP contribution is 2.21. The third-order valence-electron chi connectivity index (χ3n) is 3.98. The quantitative estimate of drug-likeness (QED) is 0.285. The second-order valence-corrected chi connectivity index (χ2v) is 6.06. The second-order valence-electron chi connectivity index (χ2n) is 6.06. The summed E-state index contributed by atoms with van der Waals surface area (Å²) in [6.07, 6.45) is 8.36. The van der Waals surface area contributed by atoms with Gasteiger partial charge >= 0.3 is 7.32 Å². The highest BCUT2D eigenvalue weighted by molar-refractivity contribution is 6.36. The summed E-state index contributed by atoms with van der Waals surface area (Å²) < 4.78 is 20.2. The van der Waals surface area contributed by atoms with Crippen LogP contribution in [0.5, 0.6) is 0 Å². The van der Waals surface area contributed by atoms with Crippen LogP contribution in [0.15, 0.2) is 24.4 Å². The van der Waals surface area contributed by atoms with Crippen molar-refractivity contribution in [2.24, 2.45) is 0 Å². The Hall–Kier alpha value is -0.905. The van der Waals surface area contributed by atoms with Gasteiger partial charge in [-0.25, -0.2) is 4.57 Å². The van der Waals surface area contributed by atoms with E-state index in [2.05, 4.69) is 56.7 Å². The first-order valence-corrected chi connectivity index (χ1v) is 9.63. The molecule has 0 aliphatic carbocycles. The molecule has 0 fully saturated rings. The van der Waals surface area contributed by atoms with Crippen molar-refractivity contribution in [2.45, 2.75) is 78.9 Å². The van der Waals surface area contributed by atoms with Crippen LogP contribution in [0, 0.1) is 0 Å². The average Bonchev–Trinajstić information content (AvgIpc) is 2.61. The Balaban J connectivity index is 2.78. The van der Waals surface area contributed by atoms with Crippen molar-refractivity contribution < 1.29 is 18.5 Å². The summed E-state index contributed by atoms with van der Waals surface area (Å²) in [5, 5.41) is 0. The standard InChI is InChI=1S/C19H35BNO3/c1-5-9-16-22-20(23-17-10-6-2)24-19(13-7-3)18-14-11-12-15-21(18)8-4/h11-12,14-15,19H,5-10,13,16-17H2,1-4H3/q+1. The van der Waals surface area contributed by atoms with Crippen molar-refractivity contribution >= 4 is 7.32 Å². The Morgan fingerprint density at radius 1 is 0.958 bits per heavy atom. The maximum Gasteiger partial charge on any atom is 0.640 e. The second kappa shape index (κ2) is 13.4. The Morgan fingerprint density at radius 2 is 1.62 bits per heavy atom. The Kier molecular flexibility index (Phi) is 11.8. The van der Waals surface area contributed by atoms with Crippen LogP contribution in [0.1, 0.15) is 78.0 Å². The molecule has 0 aromatic carbocycles. The van der Waals surface area contributed by atoms with E-state index in [1.807, 2.05) is 0 Å². The summed E-state index contributed by atoms with van der Waals surface area (Å²) in [4.78, 5) is 0. The molecule has 1 aromatic rings. The molecule has 1 heterocycles. The summed E-state index contributed by atoms with van der Waals surface area (Å²) in [6.45, 7) is 10.9. The summed E-state index contributed by atoms with van der Waals surface area (Å²) in [7, 11) is -0.579. The molecule has 136 valence electrons. The molecule has 4 nitrogen and oxygen atoms in total. The van der Waals surface area contributed by atoms with E-state index in [-0.39, 0.29) is 6.10 Å². The molecule has 24 heavy (non-hydrogen) atoms. The van der Waals surface area contributed by atoms with Gasteiger partial charge in [-0.3, -0.25) is 0 Å². The molecule has 1 unspecified atom stereocenters. The van der Waals surface area contributed by atoms with E-state index in [4.69, 9.17) is 14.0 Å². The van der Waals surface area contributed by atoms with E-state index in [1.165, 1.54) is 5.69 Å². The number of aromatic nitrogens is 1. The molecule has 0 amide bonds. The van der Waals surface area contributed by atoms with Gasteiger partial charge in [-0.1, -0.05) is 46.1 Å². The van der Waals surface area contributed by atoms with E-state index in [9.17, 15) is 0 Å². The molecular formula is C19H35BNO3+. The zero-order valence-electron chi connectivity index (χ0n) is 16.0. The van der Waals surface area contributed by atoms with Crippen molar-refractivity contribution in [3.8, 4) is 0 Å². The molecular weight excluding hydrogens is 301 g/mol. The van der Waals surface area contributed by atoms with Crippen molar-refractivity contribution in [3.05, 3.63) is 30.1 Å². The van der Waals surface area contributed by atoms with E-state index in [0.717, 1.165) is 45.1 Å². The smallest absolute Gasteiger partial charge is 0.386 e. The van der Waals surface area contributed by atoms with Gasteiger partial charge in [0.15, 0.2) is 6.20 Å². The van der Waals surface area contributed by atoms with Gasteiger partial charge in [-0.05, 0) is 26.2 Å². The molecule has 0 saturated carbocycles. The third kappa shape index (κ3) is 7.78. The first-order chi connectivity index (χ1) is 11.8. The molecule has 0 aliphatic heterocycles. The molecule has 1 aromatic heterocycles. The first kappa shape index (κ1) is 21.1. The first-order valence-electron chi connectivity index (χ1n) is 9.63. The van der Waals surface area contributed by atoms with Gasteiger partial charge in [0.05, 0.1) is 0 Å². The molecule has 0 N–H and O–H groups in total. The minimum Gasteiger partial charge on any atom is -0.386 e. The molecule has 5 heteroatoms. The van der Waals surface area contributed by atoms with Crippen molar-refractivity contribution in [1.29, 1.82) is 0 Å². The van der Waals surface area contributed by atoms with Crippen molar-refractivity contribution in [1.82, 2.24) is 0 Å². The third-order valence-corrected chi connectivity index (χ3v) is 3.98. The van der Waals surface area contributed by atoms with Crippen LogP contribution in [-0.2, 0) is 20.5 Å². The number of nitrogens with zero attached hydrogens (tertiary/aromatic N) is 1. The molecule has 0 bridgehead atoms. The summed E-state index contributed by atoms with van der Waals surface area (Å²) in [6, 6.07) is 6.26. The lowest BCUT2D eigenvalue weighted by molar-refractivity contribution is -0.704. The highest BCUT2D eigenvalue weighted by atomic mass is 16.7. The maximum atomic E-state index is 6.25. The Bertz CT molecular complexity index is 421. The number of rotatable bonds is 14. The zero-order chi connectivity index (χ0) is 17.6. The van der Waals surface area contributed by atoms with Gasteiger partial charge in [-0.15, -0.1) is 0 Å². The van der Waals surface area contributed by atoms with Crippen molar-refractivity contribution in [3.63, 3.8) is 0 Å². The molecule has 1 atom stereocenters.